The highest BCUT2D eigenvalue weighted by molar-refractivity contribution is 5.85. The third kappa shape index (κ3) is 7.16. The maximum absolute atomic E-state index is 11.7. The first-order chi connectivity index (χ1) is 11.8. The average Bonchev–Trinajstić information content (AvgIpc) is 2.53. The number of anilines is 2. The monoisotopic (exact) mass is 341 g/mol. The Hall–Kier alpha value is -2.69. The van der Waals surface area contributed by atoms with Crippen LogP contribution in [0.15, 0.2) is 60.0 Å². The van der Waals surface area contributed by atoms with E-state index in [-0.39, 0.29) is 0 Å². The summed E-state index contributed by atoms with van der Waals surface area (Å²) in [4.78, 5) is 11.7. The van der Waals surface area contributed by atoms with Gasteiger partial charge in [-0.25, -0.2) is 4.79 Å². The minimum absolute atomic E-state index is 0.467. The second-order valence-corrected chi connectivity index (χ2v) is 7.00. The Kier molecular flexibility index (Phi) is 6.28. The van der Waals surface area contributed by atoms with Gasteiger partial charge in [0.1, 0.15) is 5.60 Å². The van der Waals surface area contributed by atoms with Crippen molar-refractivity contribution in [3.05, 3.63) is 60.0 Å². The summed E-state index contributed by atoms with van der Waals surface area (Å²) < 4.78 is 5.22. The van der Waals surface area contributed by atoms with Crippen LogP contribution in [0.3, 0.4) is 0 Å². The molecule has 1 aromatic rings. The van der Waals surface area contributed by atoms with Crippen molar-refractivity contribution in [1.29, 1.82) is 0 Å². The third-order valence-corrected chi connectivity index (χ3v) is 3.43. The standard InChI is InChI=1S/C20H27N3O2/c1-20(2,3)25-19(24)23-18-11-9-17(10-12-18)22-14-16(21)13-15-7-5-4-6-8-15/h5,7-12,14,22H,4,6,13,21H2,1-3H3,(H,23,24)/b16-14-. The van der Waals surface area contributed by atoms with Crippen LogP contribution in [-0.4, -0.2) is 11.7 Å². The Labute approximate surface area is 149 Å². The number of benzene rings is 1. The van der Waals surface area contributed by atoms with Crippen LogP contribution in [0, 0.1) is 0 Å². The van der Waals surface area contributed by atoms with Gasteiger partial charge in [0.2, 0.25) is 0 Å². The van der Waals surface area contributed by atoms with E-state index in [1.807, 2.05) is 45.0 Å². The van der Waals surface area contributed by atoms with Gasteiger partial charge in [0.25, 0.3) is 0 Å². The first kappa shape index (κ1) is 18.6. The van der Waals surface area contributed by atoms with Crippen LogP contribution in [0.5, 0.6) is 0 Å². The van der Waals surface area contributed by atoms with Crippen molar-refractivity contribution in [2.75, 3.05) is 10.6 Å². The van der Waals surface area contributed by atoms with E-state index in [1.165, 1.54) is 5.57 Å². The van der Waals surface area contributed by atoms with Crippen molar-refractivity contribution in [3.63, 3.8) is 0 Å². The molecule has 2 rings (SSSR count). The topological polar surface area (TPSA) is 76.4 Å². The second kappa shape index (κ2) is 8.42. The Morgan fingerprint density at radius 2 is 1.88 bits per heavy atom. The number of amides is 1. The molecule has 5 nitrogen and oxygen atoms in total. The van der Waals surface area contributed by atoms with Crippen LogP contribution in [0.2, 0.25) is 0 Å². The third-order valence-electron chi connectivity index (χ3n) is 3.43. The SMILES string of the molecule is CC(C)(C)OC(=O)Nc1ccc(N/C=C(\N)CC2=CCCC=C2)cc1. The number of hydrogen-bond acceptors (Lipinski definition) is 4. The molecule has 25 heavy (non-hydrogen) atoms. The minimum Gasteiger partial charge on any atom is -0.444 e. The van der Waals surface area contributed by atoms with Crippen LogP contribution < -0.4 is 16.4 Å². The van der Waals surface area contributed by atoms with E-state index in [0.717, 1.165) is 30.6 Å². The second-order valence-electron chi connectivity index (χ2n) is 7.00. The summed E-state index contributed by atoms with van der Waals surface area (Å²) in [5.41, 5.74) is 9.13. The molecule has 0 unspecified atom stereocenters. The van der Waals surface area contributed by atoms with Crippen molar-refractivity contribution in [1.82, 2.24) is 0 Å². The normalized spacial score (nSPS) is 14.7. The first-order valence-electron chi connectivity index (χ1n) is 8.48. The lowest BCUT2D eigenvalue weighted by Gasteiger charge is -2.19. The fourth-order valence-corrected chi connectivity index (χ4v) is 2.33. The molecule has 0 saturated carbocycles. The van der Waals surface area contributed by atoms with Crippen molar-refractivity contribution in [2.45, 2.75) is 45.6 Å². The van der Waals surface area contributed by atoms with E-state index in [1.54, 1.807) is 6.20 Å². The molecule has 0 saturated heterocycles. The van der Waals surface area contributed by atoms with Crippen LogP contribution in [0.25, 0.3) is 0 Å². The summed E-state index contributed by atoms with van der Waals surface area (Å²) in [7, 11) is 0. The van der Waals surface area contributed by atoms with Gasteiger partial charge in [-0.3, -0.25) is 5.32 Å². The fourth-order valence-electron chi connectivity index (χ4n) is 2.33. The summed E-state index contributed by atoms with van der Waals surface area (Å²) >= 11 is 0. The van der Waals surface area contributed by atoms with E-state index in [4.69, 9.17) is 10.5 Å². The van der Waals surface area contributed by atoms with Gasteiger partial charge < -0.3 is 15.8 Å². The molecule has 0 fully saturated rings. The van der Waals surface area contributed by atoms with Gasteiger partial charge >= 0.3 is 6.09 Å². The summed E-state index contributed by atoms with van der Waals surface area (Å²) in [5, 5.41) is 5.87. The quantitative estimate of drug-likeness (QED) is 0.711. The molecule has 134 valence electrons. The smallest absolute Gasteiger partial charge is 0.412 e. The fraction of sp³-hybridized carbons (Fsp3) is 0.350. The Morgan fingerprint density at radius 1 is 1.20 bits per heavy atom. The number of hydrogen-bond donors (Lipinski definition) is 3. The van der Waals surface area contributed by atoms with E-state index < -0.39 is 11.7 Å². The lowest BCUT2D eigenvalue weighted by molar-refractivity contribution is 0.0636. The van der Waals surface area contributed by atoms with Gasteiger partial charge in [0.15, 0.2) is 0 Å². The molecular weight excluding hydrogens is 314 g/mol. The van der Waals surface area contributed by atoms with Crippen molar-refractivity contribution in [2.24, 2.45) is 5.73 Å². The van der Waals surface area contributed by atoms with Gasteiger partial charge in [0.05, 0.1) is 0 Å². The van der Waals surface area contributed by atoms with Gasteiger partial charge in [-0.15, -0.1) is 0 Å². The van der Waals surface area contributed by atoms with Crippen LogP contribution in [0.4, 0.5) is 16.2 Å². The largest absolute Gasteiger partial charge is 0.444 e. The Bertz CT molecular complexity index is 680. The van der Waals surface area contributed by atoms with Gasteiger partial charge in [-0.2, -0.15) is 0 Å². The minimum atomic E-state index is -0.517. The lowest BCUT2D eigenvalue weighted by Crippen LogP contribution is -2.27. The molecule has 0 spiro atoms. The molecule has 0 bridgehead atoms. The van der Waals surface area contributed by atoms with Crippen molar-refractivity contribution in [3.8, 4) is 0 Å². The number of carbonyl (C=O) groups is 1. The van der Waals surface area contributed by atoms with Crippen LogP contribution >= 0.6 is 0 Å². The van der Waals surface area contributed by atoms with Gasteiger partial charge in [-0.1, -0.05) is 18.2 Å². The molecule has 0 heterocycles. The molecule has 1 amide bonds. The predicted molar refractivity (Wildman–Crippen MR) is 103 cm³/mol. The van der Waals surface area contributed by atoms with E-state index in [9.17, 15) is 4.79 Å². The van der Waals surface area contributed by atoms with Crippen LogP contribution in [0.1, 0.15) is 40.0 Å². The van der Waals surface area contributed by atoms with Crippen molar-refractivity contribution < 1.29 is 9.53 Å². The number of rotatable bonds is 5. The highest BCUT2D eigenvalue weighted by atomic mass is 16.6. The maximum Gasteiger partial charge on any atom is 0.412 e. The zero-order valence-corrected chi connectivity index (χ0v) is 15.1. The van der Waals surface area contributed by atoms with Gasteiger partial charge in [-0.05, 0) is 63.5 Å². The predicted octanol–water partition coefficient (Wildman–Crippen LogP) is 4.91. The average molecular weight is 341 g/mol. The van der Waals surface area contributed by atoms with E-state index in [2.05, 4.69) is 28.9 Å². The zero-order valence-electron chi connectivity index (χ0n) is 15.1. The molecule has 5 heteroatoms. The molecule has 0 aliphatic heterocycles. The number of ether oxygens (including phenoxy) is 1. The molecule has 1 aromatic carbocycles. The van der Waals surface area contributed by atoms with Crippen LogP contribution in [-0.2, 0) is 4.74 Å². The molecular formula is C20H27N3O2. The van der Waals surface area contributed by atoms with Crippen molar-refractivity contribution >= 4 is 17.5 Å². The molecule has 1 aliphatic carbocycles. The highest BCUT2D eigenvalue weighted by Crippen LogP contribution is 2.18. The lowest BCUT2D eigenvalue weighted by atomic mass is 10.0. The van der Waals surface area contributed by atoms with E-state index in [0.29, 0.717) is 5.69 Å². The number of nitrogens with two attached hydrogens (primary N) is 1. The van der Waals surface area contributed by atoms with E-state index >= 15 is 0 Å². The Morgan fingerprint density at radius 3 is 2.48 bits per heavy atom. The summed E-state index contributed by atoms with van der Waals surface area (Å²) in [6.45, 7) is 5.49. The molecule has 4 N–H and O–H groups in total. The zero-order chi connectivity index (χ0) is 18.3. The molecule has 1 aliphatic rings. The van der Waals surface area contributed by atoms with Gasteiger partial charge in [0, 0.05) is 29.7 Å². The molecule has 0 aromatic heterocycles. The molecule has 0 atom stereocenters. The summed E-state index contributed by atoms with van der Waals surface area (Å²) in [5.74, 6) is 0. The molecule has 0 radical (unpaired) electrons. The number of allylic oxidation sites excluding steroid dienone is 4. The number of nitrogens with one attached hydrogen (secondary N) is 2. The summed E-state index contributed by atoms with van der Waals surface area (Å²) in [6, 6.07) is 7.36. The summed E-state index contributed by atoms with van der Waals surface area (Å²) in [6.07, 6.45) is 10.8. The number of carbonyl (C=O) groups excluding carboxylic acids is 1. The highest BCUT2D eigenvalue weighted by Gasteiger charge is 2.15. The Balaban J connectivity index is 1.85. The first-order valence-corrected chi connectivity index (χ1v) is 8.48. The maximum atomic E-state index is 11.7.